The third-order valence-electron chi connectivity index (χ3n) is 5.14. The third-order valence-corrected chi connectivity index (χ3v) is 5.14. The van der Waals surface area contributed by atoms with Crippen molar-refractivity contribution in [3.8, 4) is 0 Å². The van der Waals surface area contributed by atoms with Crippen molar-refractivity contribution in [2.24, 2.45) is 10.9 Å². The summed E-state index contributed by atoms with van der Waals surface area (Å²) in [7, 11) is 0. The van der Waals surface area contributed by atoms with E-state index >= 15 is 0 Å². The van der Waals surface area contributed by atoms with Crippen LogP contribution in [0.25, 0.3) is 0 Å². The summed E-state index contributed by atoms with van der Waals surface area (Å²) in [5, 5.41) is 3.47. The Hall–Kier alpha value is -1.70. The Labute approximate surface area is 166 Å². The number of halogens is 3. The van der Waals surface area contributed by atoms with Crippen LogP contribution in [0.3, 0.4) is 0 Å². The van der Waals surface area contributed by atoms with E-state index in [9.17, 15) is 13.2 Å². The van der Waals surface area contributed by atoms with Gasteiger partial charge in [0.1, 0.15) is 5.76 Å². The zero-order chi connectivity index (χ0) is 20.6. The first kappa shape index (κ1) is 22.6. The number of nitrogens with zero attached hydrogens (tertiary/aromatic N) is 3. The minimum atomic E-state index is -4.15. The monoisotopic (exact) mass is 402 g/mol. The van der Waals surface area contributed by atoms with Crippen LogP contribution in [0.1, 0.15) is 39.4 Å². The molecule has 160 valence electrons. The largest absolute Gasteiger partial charge is 0.469 e. The third kappa shape index (κ3) is 7.73. The first-order valence-corrected chi connectivity index (χ1v) is 10.2. The molecule has 0 aliphatic carbocycles. The highest BCUT2D eigenvalue weighted by Crippen LogP contribution is 2.21. The van der Waals surface area contributed by atoms with E-state index in [1.165, 1.54) is 4.90 Å². The van der Waals surface area contributed by atoms with Gasteiger partial charge in [-0.3, -0.25) is 9.89 Å². The van der Waals surface area contributed by atoms with Crippen LogP contribution in [-0.4, -0.2) is 67.2 Å². The van der Waals surface area contributed by atoms with E-state index in [-0.39, 0.29) is 5.92 Å². The lowest BCUT2D eigenvalue weighted by Gasteiger charge is -2.27. The van der Waals surface area contributed by atoms with Gasteiger partial charge in [0.25, 0.3) is 0 Å². The minimum absolute atomic E-state index is 0.219. The second kappa shape index (κ2) is 10.7. The molecule has 1 aromatic rings. The first-order chi connectivity index (χ1) is 13.3. The number of hydrogen-bond donors (Lipinski definition) is 1. The summed E-state index contributed by atoms with van der Waals surface area (Å²) in [6.45, 7) is 8.20. The molecule has 0 aromatic carbocycles. The Morgan fingerprint density at radius 1 is 1.43 bits per heavy atom. The van der Waals surface area contributed by atoms with Crippen molar-refractivity contribution in [2.45, 2.75) is 52.3 Å². The highest BCUT2D eigenvalue weighted by atomic mass is 19.4. The molecule has 1 aromatic heterocycles. The Morgan fingerprint density at radius 2 is 2.21 bits per heavy atom. The van der Waals surface area contributed by atoms with E-state index in [1.54, 1.807) is 13.2 Å². The van der Waals surface area contributed by atoms with Crippen molar-refractivity contribution < 1.29 is 17.6 Å². The fraction of sp³-hybridized carbons (Fsp3) is 0.750. The zero-order valence-corrected chi connectivity index (χ0v) is 17.1. The van der Waals surface area contributed by atoms with Gasteiger partial charge < -0.3 is 14.6 Å². The summed E-state index contributed by atoms with van der Waals surface area (Å²) in [5.41, 5.74) is 0. The molecule has 0 spiro atoms. The molecule has 1 fully saturated rings. The normalized spacial score (nSPS) is 19.5. The molecule has 0 amide bonds. The average Bonchev–Trinajstić information content (AvgIpc) is 3.31. The standard InChI is InChI=1S/C20H33F3N4O/c1-4-16(3)25-19(24-10-8-18-7-6-12-28-18)27-11-9-17(14-27)13-26(5-2)15-20(21,22)23/h6-7,12,16-17H,4-5,8-11,13-15H2,1-3H3,(H,24,25). The predicted octanol–water partition coefficient (Wildman–Crippen LogP) is 3.77. The van der Waals surface area contributed by atoms with Crippen molar-refractivity contribution in [1.82, 2.24) is 15.1 Å². The van der Waals surface area contributed by atoms with E-state index in [1.807, 2.05) is 12.1 Å². The van der Waals surface area contributed by atoms with Gasteiger partial charge >= 0.3 is 6.18 Å². The lowest BCUT2D eigenvalue weighted by molar-refractivity contribution is -0.146. The minimum Gasteiger partial charge on any atom is -0.469 e. The van der Waals surface area contributed by atoms with Crippen LogP contribution in [0.15, 0.2) is 27.8 Å². The summed E-state index contributed by atoms with van der Waals surface area (Å²) in [6.07, 6.45) is 0.0936. The SMILES string of the molecule is CCC(C)NC(=NCCc1ccco1)N1CCC(CN(CC)CC(F)(F)F)C1. The van der Waals surface area contributed by atoms with E-state index in [0.717, 1.165) is 44.1 Å². The van der Waals surface area contributed by atoms with Crippen LogP contribution in [-0.2, 0) is 6.42 Å². The predicted molar refractivity (Wildman–Crippen MR) is 105 cm³/mol. The van der Waals surface area contributed by atoms with Gasteiger partial charge in [-0.25, -0.2) is 0 Å². The number of alkyl halides is 3. The molecule has 1 aliphatic heterocycles. The maximum atomic E-state index is 12.7. The van der Waals surface area contributed by atoms with Crippen LogP contribution in [0.5, 0.6) is 0 Å². The second-order valence-corrected chi connectivity index (χ2v) is 7.53. The highest BCUT2D eigenvalue weighted by Gasteiger charge is 2.33. The number of nitrogens with one attached hydrogen (secondary N) is 1. The van der Waals surface area contributed by atoms with Crippen molar-refractivity contribution in [3.63, 3.8) is 0 Å². The Morgan fingerprint density at radius 3 is 2.82 bits per heavy atom. The van der Waals surface area contributed by atoms with Gasteiger partial charge in [0, 0.05) is 38.6 Å². The van der Waals surface area contributed by atoms with E-state index in [2.05, 4.69) is 24.1 Å². The van der Waals surface area contributed by atoms with Gasteiger partial charge in [0.15, 0.2) is 5.96 Å². The van der Waals surface area contributed by atoms with Gasteiger partial charge in [-0.1, -0.05) is 13.8 Å². The molecule has 2 heterocycles. The molecule has 8 heteroatoms. The van der Waals surface area contributed by atoms with Crippen molar-refractivity contribution in [2.75, 3.05) is 39.3 Å². The fourth-order valence-electron chi connectivity index (χ4n) is 3.38. The number of aliphatic imine (C=N–C) groups is 1. The number of guanidine groups is 1. The van der Waals surface area contributed by atoms with Gasteiger partial charge in [-0.15, -0.1) is 0 Å². The quantitative estimate of drug-likeness (QED) is 0.504. The Balaban J connectivity index is 1.93. The number of rotatable bonds is 9. The van der Waals surface area contributed by atoms with Crippen LogP contribution < -0.4 is 5.32 Å². The molecule has 1 N–H and O–H groups in total. The summed E-state index contributed by atoms with van der Waals surface area (Å²) in [5.74, 6) is 1.97. The molecule has 2 rings (SSSR count). The lowest BCUT2D eigenvalue weighted by atomic mass is 10.1. The van der Waals surface area contributed by atoms with Crippen LogP contribution in [0.2, 0.25) is 0 Å². The molecule has 2 unspecified atom stereocenters. The van der Waals surface area contributed by atoms with E-state index < -0.39 is 12.7 Å². The van der Waals surface area contributed by atoms with Crippen LogP contribution >= 0.6 is 0 Å². The van der Waals surface area contributed by atoms with Gasteiger partial charge in [-0.2, -0.15) is 13.2 Å². The van der Waals surface area contributed by atoms with Gasteiger partial charge in [0.2, 0.25) is 0 Å². The topological polar surface area (TPSA) is 44.0 Å². The number of furan rings is 1. The fourth-order valence-corrected chi connectivity index (χ4v) is 3.38. The highest BCUT2D eigenvalue weighted by molar-refractivity contribution is 5.80. The van der Waals surface area contributed by atoms with Crippen LogP contribution in [0, 0.1) is 5.92 Å². The number of likely N-dealkylation sites (tertiary alicyclic amines) is 1. The molecule has 0 bridgehead atoms. The van der Waals surface area contributed by atoms with Gasteiger partial charge in [-0.05, 0) is 44.4 Å². The Bertz CT molecular complexity index is 589. The van der Waals surface area contributed by atoms with Crippen molar-refractivity contribution in [3.05, 3.63) is 24.2 Å². The zero-order valence-electron chi connectivity index (χ0n) is 17.1. The lowest BCUT2D eigenvalue weighted by Crippen LogP contribution is -2.45. The summed E-state index contributed by atoms with van der Waals surface area (Å²) in [6, 6.07) is 4.09. The summed E-state index contributed by atoms with van der Waals surface area (Å²) < 4.78 is 43.5. The molecular formula is C20H33F3N4O. The molecule has 1 saturated heterocycles. The Kier molecular flexibility index (Phi) is 8.66. The summed E-state index contributed by atoms with van der Waals surface area (Å²) in [4.78, 5) is 8.41. The van der Waals surface area contributed by atoms with Gasteiger partial charge in [0.05, 0.1) is 12.8 Å². The molecule has 2 atom stereocenters. The van der Waals surface area contributed by atoms with Crippen molar-refractivity contribution >= 4 is 5.96 Å². The molecule has 28 heavy (non-hydrogen) atoms. The summed E-state index contributed by atoms with van der Waals surface area (Å²) >= 11 is 0. The molecule has 0 saturated carbocycles. The maximum absolute atomic E-state index is 12.7. The molecule has 5 nitrogen and oxygen atoms in total. The number of hydrogen-bond acceptors (Lipinski definition) is 3. The average molecular weight is 403 g/mol. The molecular weight excluding hydrogens is 369 g/mol. The molecule has 0 radical (unpaired) electrons. The second-order valence-electron chi connectivity index (χ2n) is 7.53. The van der Waals surface area contributed by atoms with Crippen LogP contribution in [0.4, 0.5) is 13.2 Å². The first-order valence-electron chi connectivity index (χ1n) is 10.2. The van der Waals surface area contributed by atoms with E-state index in [0.29, 0.717) is 25.7 Å². The smallest absolute Gasteiger partial charge is 0.401 e. The van der Waals surface area contributed by atoms with E-state index in [4.69, 9.17) is 9.41 Å². The van der Waals surface area contributed by atoms with Crippen molar-refractivity contribution in [1.29, 1.82) is 0 Å². The molecule has 1 aliphatic rings. The maximum Gasteiger partial charge on any atom is 0.401 e.